The van der Waals surface area contributed by atoms with Crippen LogP contribution in [0.3, 0.4) is 0 Å². The van der Waals surface area contributed by atoms with Crippen LogP contribution in [0.4, 0.5) is 13.2 Å². The van der Waals surface area contributed by atoms with Gasteiger partial charge in [0.15, 0.2) is 11.5 Å². The number of carbonyl (C=O) groups is 2. The van der Waals surface area contributed by atoms with E-state index < -0.39 is 30.2 Å². The highest BCUT2D eigenvalue weighted by molar-refractivity contribution is 6.06. The van der Waals surface area contributed by atoms with Crippen molar-refractivity contribution in [2.45, 2.75) is 32.0 Å². The lowest BCUT2D eigenvalue weighted by Crippen LogP contribution is -2.17. The van der Waals surface area contributed by atoms with E-state index in [0.717, 1.165) is 4.68 Å². The molecule has 0 radical (unpaired) electrons. The molecule has 108 valence electrons. The van der Waals surface area contributed by atoms with E-state index in [-0.39, 0.29) is 29.7 Å². The first-order valence-corrected chi connectivity index (χ1v) is 6.22. The van der Waals surface area contributed by atoms with Crippen LogP contribution >= 0.6 is 0 Å². The number of Topliss-reactive ketones (excluding diaryl/α,β-unsaturated/α-hetero) is 1. The topological polar surface area (TPSA) is 61.2 Å². The molecule has 1 fully saturated rings. The summed E-state index contributed by atoms with van der Waals surface area (Å²) in [7, 11) is 0. The number of fused-ring (bicyclic) bond motifs is 3. The summed E-state index contributed by atoms with van der Waals surface area (Å²) in [4.78, 5) is 23.3. The number of hydrogen-bond donors (Lipinski definition) is 0. The minimum atomic E-state index is -4.70. The zero-order valence-electron chi connectivity index (χ0n) is 10.5. The summed E-state index contributed by atoms with van der Waals surface area (Å²) in [5.74, 6) is -1.76. The lowest BCUT2D eigenvalue weighted by molar-refractivity contribution is -0.146. The van der Waals surface area contributed by atoms with E-state index in [9.17, 15) is 22.8 Å². The Morgan fingerprint density at radius 3 is 2.75 bits per heavy atom. The van der Waals surface area contributed by atoms with Crippen LogP contribution < -0.4 is 0 Å². The fourth-order valence-electron chi connectivity index (χ4n) is 2.71. The van der Waals surface area contributed by atoms with Crippen molar-refractivity contribution in [3.05, 3.63) is 17.0 Å². The van der Waals surface area contributed by atoms with E-state index in [2.05, 4.69) is 5.10 Å². The van der Waals surface area contributed by atoms with Gasteiger partial charge in [-0.05, 0) is 13.3 Å². The summed E-state index contributed by atoms with van der Waals surface area (Å²) in [6, 6.07) is 0. The predicted molar refractivity (Wildman–Crippen MR) is 59.0 cm³/mol. The third-order valence-corrected chi connectivity index (χ3v) is 3.57. The van der Waals surface area contributed by atoms with Gasteiger partial charge in [0.25, 0.3) is 0 Å². The highest BCUT2D eigenvalue weighted by atomic mass is 19.4. The summed E-state index contributed by atoms with van der Waals surface area (Å²) < 4.78 is 44.4. The molecule has 8 heteroatoms. The molecular formula is C12H11F3N2O3. The molecule has 20 heavy (non-hydrogen) atoms. The first-order chi connectivity index (χ1) is 9.34. The van der Waals surface area contributed by atoms with Crippen LogP contribution in [0.1, 0.15) is 41.0 Å². The van der Waals surface area contributed by atoms with Gasteiger partial charge < -0.3 is 4.74 Å². The van der Waals surface area contributed by atoms with E-state index >= 15 is 0 Å². The third kappa shape index (κ3) is 1.82. The molecule has 0 N–H and O–H groups in total. The monoisotopic (exact) mass is 288 g/mol. The minimum absolute atomic E-state index is 0.138. The minimum Gasteiger partial charge on any atom is -0.465 e. The van der Waals surface area contributed by atoms with E-state index in [1.54, 1.807) is 6.92 Å². The van der Waals surface area contributed by atoms with Crippen molar-refractivity contribution in [1.29, 1.82) is 0 Å². The molecule has 0 aromatic carbocycles. The second kappa shape index (κ2) is 4.07. The average Bonchev–Trinajstić information content (AvgIpc) is 2.94. The number of hydrogen-bond acceptors (Lipinski definition) is 4. The van der Waals surface area contributed by atoms with Gasteiger partial charge in [-0.25, -0.2) is 0 Å². The van der Waals surface area contributed by atoms with Crippen LogP contribution in [0.5, 0.6) is 0 Å². The summed E-state index contributed by atoms with van der Waals surface area (Å²) in [5.41, 5.74) is -1.31. The summed E-state index contributed by atoms with van der Waals surface area (Å²) in [6.07, 6.45) is -4.16. The van der Waals surface area contributed by atoms with Crippen LogP contribution in [-0.2, 0) is 22.3 Å². The van der Waals surface area contributed by atoms with Crippen molar-refractivity contribution in [3.63, 3.8) is 0 Å². The molecule has 1 aromatic rings. The number of rotatable bonds is 3. The molecule has 2 atom stereocenters. The Kier molecular flexibility index (Phi) is 2.67. The van der Waals surface area contributed by atoms with E-state index in [4.69, 9.17) is 4.74 Å². The lowest BCUT2D eigenvalue weighted by atomic mass is 10.1. The molecule has 1 heterocycles. The third-order valence-electron chi connectivity index (χ3n) is 3.57. The number of nitrogens with zero attached hydrogens (tertiary/aromatic N) is 2. The molecule has 1 aromatic heterocycles. The molecule has 0 bridgehead atoms. The van der Waals surface area contributed by atoms with Crippen molar-refractivity contribution in [2.75, 3.05) is 6.61 Å². The standard InChI is InChI=1S/C12H11F3N2O3/c1-2-20-7(18)4-17-9-5-3-6(5)10(19)8(9)11(16-17)12(13,14)15/h5-6H,2-4H2,1H3/t5?,6-/m1/s1. The number of esters is 1. The molecule has 3 rings (SSSR count). The second-order valence-corrected chi connectivity index (χ2v) is 4.88. The quantitative estimate of drug-likeness (QED) is 0.795. The zero-order chi connectivity index (χ0) is 14.7. The van der Waals surface area contributed by atoms with Crippen LogP contribution in [-0.4, -0.2) is 28.1 Å². The van der Waals surface area contributed by atoms with E-state index in [1.807, 2.05) is 0 Å². The van der Waals surface area contributed by atoms with Crippen LogP contribution in [0.15, 0.2) is 0 Å². The van der Waals surface area contributed by atoms with Crippen LogP contribution in [0, 0.1) is 5.92 Å². The van der Waals surface area contributed by atoms with Crippen LogP contribution in [0.25, 0.3) is 0 Å². The van der Waals surface area contributed by atoms with Gasteiger partial charge in [0, 0.05) is 11.8 Å². The number of carbonyl (C=O) groups excluding carboxylic acids is 2. The SMILES string of the molecule is CCOC(=O)Cn1nc(C(F)(F)F)c2c1C1C[C@H]1C2=O. The van der Waals surface area contributed by atoms with E-state index in [0.29, 0.717) is 6.42 Å². The van der Waals surface area contributed by atoms with Gasteiger partial charge in [-0.3, -0.25) is 14.3 Å². The summed E-state index contributed by atoms with van der Waals surface area (Å²) in [5, 5.41) is 3.42. The molecular weight excluding hydrogens is 277 g/mol. The largest absolute Gasteiger partial charge is 0.465 e. The van der Waals surface area contributed by atoms with E-state index in [1.165, 1.54) is 0 Å². The Labute approximate surface area is 111 Å². The molecule has 1 saturated carbocycles. The van der Waals surface area contributed by atoms with Crippen molar-refractivity contribution < 1.29 is 27.5 Å². The van der Waals surface area contributed by atoms with Gasteiger partial charge >= 0.3 is 12.1 Å². The normalized spacial score (nSPS) is 23.5. The Morgan fingerprint density at radius 2 is 2.15 bits per heavy atom. The van der Waals surface area contributed by atoms with Gasteiger partial charge in [0.1, 0.15) is 6.54 Å². The van der Waals surface area contributed by atoms with Crippen molar-refractivity contribution in [2.24, 2.45) is 5.92 Å². The second-order valence-electron chi connectivity index (χ2n) is 4.88. The van der Waals surface area contributed by atoms with Crippen molar-refractivity contribution in [1.82, 2.24) is 9.78 Å². The highest BCUT2D eigenvalue weighted by Gasteiger charge is 2.58. The lowest BCUT2D eigenvalue weighted by Gasteiger charge is -2.05. The van der Waals surface area contributed by atoms with Crippen molar-refractivity contribution >= 4 is 11.8 Å². The highest BCUT2D eigenvalue weighted by Crippen LogP contribution is 2.58. The summed E-state index contributed by atoms with van der Waals surface area (Å²) in [6.45, 7) is 1.34. The number of halogens is 3. The molecule has 0 aliphatic heterocycles. The Bertz CT molecular complexity index is 606. The smallest absolute Gasteiger partial charge is 0.435 e. The molecule has 1 unspecified atom stereocenters. The number of ketones is 1. The molecule has 2 aliphatic carbocycles. The zero-order valence-corrected chi connectivity index (χ0v) is 10.5. The Morgan fingerprint density at radius 1 is 1.45 bits per heavy atom. The molecule has 0 amide bonds. The van der Waals surface area contributed by atoms with Crippen molar-refractivity contribution in [3.8, 4) is 0 Å². The average molecular weight is 288 g/mol. The fourth-order valence-corrected chi connectivity index (χ4v) is 2.71. The van der Waals surface area contributed by atoms with Gasteiger partial charge in [0.05, 0.1) is 17.9 Å². The molecule has 5 nitrogen and oxygen atoms in total. The maximum Gasteiger partial charge on any atom is 0.435 e. The molecule has 2 aliphatic rings. The first kappa shape index (κ1) is 13.1. The first-order valence-electron chi connectivity index (χ1n) is 6.22. The molecule has 0 saturated heterocycles. The van der Waals surface area contributed by atoms with Gasteiger partial charge in [-0.2, -0.15) is 18.3 Å². The maximum atomic E-state index is 12.9. The molecule has 0 spiro atoms. The van der Waals surface area contributed by atoms with Crippen LogP contribution in [0.2, 0.25) is 0 Å². The summed E-state index contributed by atoms with van der Waals surface area (Å²) >= 11 is 0. The predicted octanol–water partition coefficient (Wildman–Crippen LogP) is 1.76. The Balaban J connectivity index is 2.02. The fraction of sp³-hybridized carbons (Fsp3) is 0.583. The Hall–Kier alpha value is -1.86. The van der Waals surface area contributed by atoms with Gasteiger partial charge in [-0.15, -0.1) is 0 Å². The van der Waals surface area contributed by atoms with Gasteiger partial charge in [-0.1, -0.05) is 0 Å². The van der Waals surface area contributed by atoms with Gasteiger partial charge in [0.2, 0.25) is 0 Å². The maximum absolute atomic E-state index is 12.9. The number of alkyl halides is 3. The number of ether oxygens (including phenoxy) is 1. The number of aromatic nitrogens is 2.